The summed E-state index contributed by atoms with van der Waals surface area (Å²) in [7, 11) is -3.63. The van der Waals surface area contributed by atoms with Crippen molar-refractivity contribution in [2.24, 2.45) is 5.73 Å². The van der Waals surface area contributed by atoms with E-state index in [1.54, 1.807) is 0 Å². The SMILES string of the molecule is NCC#Cc1cncc(S(=O)(=O)NCCc2ncn[nH]2)c1. The van der Waals surface area contributed by atoms with E-state index in [1.165, 1.54) is 24.8 Å². The van der Waals surface area contributed by atoms with Gasteiger partial charge in [-0.3, -0.25) is 10.1 Å². The van der Waals surface area contributed by atoms with Gasteiger partial charge in [0, 0.05) is 30.9 Å². The summed E-state index contributed by atoms with van der Waals surface area (Å²) >= 11 is 0. The molecular formula is C12H14N6O2S. The molecule has 0 aliphatic rings. The van der Waals surface area contributed by atoms with E-state index >= 15 is 0 Å². The lowest BCUT2D eigenvalue weighted by Gasteiger charge is -2.05. The number of nitrogens with one attached hydrogen (secondary N) is 2. The van der Waals surface area contributed by atoms with Crippen LogP contribution in [0.4, 0.5) is 0 Å². The first kappa shape index (κ1) is 15.1. The van der Waals surface area contributed by atoms with E-state index in [1.807, 2.05) is 0 Å². The summed E-state index contributed by atoms with van der Waals surface area (Å²) in [6, 6.07) is 1.45. The minimum absolute atomic E-state index is 0.0592. The molecule has 0 spiro atoms. The van der Waals surface area contributed by atoms with Crippen molar-refractivity contribution in [1.29, 1.82) is 0 Å². The van der Waals surface area contributed by atoms with Crippen molar-refractivity contribution in [2.75, 3.05) is 13.1 Å². The zero-order valence-corrected chi connectivity index (χ0v) is 11.9. The highest BCUT2D eigenvalue weighted by Gasteiger charge is 2.14. The van der Waals surface area contributed by atoms with Gasteiger partial charge in [0.05, 0.1) is 6.54 Å². The van der Waals surface area contributed by atoms with Gasteiger partial charge in [-0.2, -0.15) is 5.10 Å². The third-order valence-electron chi connectivity index (χ3n) is 2.48. The fourth-order valence-electron chi connectivity index (χ4n) is 1.53. The molecule has 2 rings (SSSR count). The second-order valence-corrected chi connectivity index (χ2v) is 5.76. The normalized spacial score (nSPS) is 10.9. The van der Waals surface area contributed by atoms with Crippen LogP contribution in [0.15, 0.2) is 29.7 Å². The number of aromatic nitrogens is 4. The molecule has 0 aliphatic heterocycles. The van der Waals surface area contributed by atoms with Crippen LogP contribution >= 0.6 is 0 Å². The fraction of sp³-hybridized carbons (Fsp3) is 0.250. The van der Waals surface area contributed by atoms with Crippen LogP contribution in [-0.4, -0.2) is 41.7 Å². The molecule has 0 aromatic carbocycles. The molecule has 2 aromatic heterocycles. The summed E-state index contributed by atoms with van der Waals surface area (Å²) in [5.74, 6) is 6.00. The van der Waals surface area contributed by atoms with Crippen molar-refractivity contribution in [3.05, 3.63) is 36.2 Å². The number of nitrogens with zero attached hydrogens (tertiary/aromatic N) is 3. The number of aromatic amines is 1. The third kappa shape index (κ3) is 4.35. The van der Waals surface area contributed by atoms with E-state index in [2.05, 4.69) is 36.7 Å². The maximum atomic E-state index is 12.1. The van der Waals surface area contributed by atoms with Gasteiger partial charge in [-0.25, -0.2) is 18.1 Å². The molecule has 0 saturated heterocycles. The number of H-pyrrole nitrogens is 1. The highest BCUT2D eigenvalue weighted by atomic mass is 32.2. The lowest BCUT2D eigenvalue weighted by molar-refractivity contribution is 0.580. The van der Waals surface area contributed by atoms with Crippen LogP contribution in [-0.2, 0) is 16.4 Å². The predicted octanol–water partition coefficient (Wildman–Crippen LogP) is -0.969. The summed E-state index contributed by atoms with van der Waals surface area (Å²) in [6.07, 6.45) is 4.53. The van der Waals surface area contributed by atoms with Gasteiger partial charge in [-0.1, -0.05) is 11.8 Å². The molecule has 9 heteroatoms. The summed E-state index contributed by atoms with van der Waals surface area (Å²) < 4.78 is 26.7. The van der Waals surface area contributed by atoms with Crippen LogP contribution in [0, 0.1) is 11.8 Å². The Bertz CT molecular complexity index is 746. The van der Waals surface area contributed by atoms with Gasteiger partial charge in [-0.05, 0) is 6.07 Å². The van der Waals surface area contributed by atoms with Crippen LogP contribution in [0.25, 0.3) is 0 Å². The Balaban J connectivity index is 2.04. The van der Waals surface area contributed by atoms with Crippen molar-refractivity contribution in [3.63, 3.8) is 0 Å². The van der Waals surface area contributed by atoms with E-state index in [9.17, 15) is 8.42 Å². The molecule has 2 aromatic rings. The zero-order valence-electron chi connectivity index (χ0n) is 11.1. The van der Waals surface area contributed by atoms with Crippen molar-refractivity contribution >= 4 is 10.0 Å². The Labute approximate surface area is 122 Å². The highest BCUT2D eigenvalue weighted by molar-refractivity contribution is 7.89. The Morgan fingerprint density at radius 3 is 2.95 bits per heavy atom. The maximum Gasteiger partial charge on any atom is 0.242 e. The van der Waals surface area contributed by atoms with E-state index in [0.717, 1.165) is 0 Å². The van der Waals surface area contributed by atoms with Crippen LogP contribution in [0.3, 0.4) is 0 Å². The van der Waals surface area contributed by atoms with Crippen molar-refractivity contribution < 1.29 is 8.42 Å². The number of rotatable bonds is 5. The molecule has 2 heterocycles. The molecule has 0 saturated carbocycles. The van der Waals surface area contributed by atoms with E-state index in [0.29, 0.717) is 17.8 Å². The monoisotopic (exact) mass is 306 g/mol. The van der Waals surface area contributed by atoms with Gasteiger partial charge in [0.2, 0.25) is 10.0 Å². The summed E-state index contributed by atoms with van der Waals surface area (Å²) in [5.41, 5.74) is 5.77. The smallest absolute Gasteiger partial charge is 0.242 e. The second-order valence-electron chi connectivity index (χ2n) is 4.00. The van der Waals surface area contributed by atoms with E-state index < -0.39 is 10.0 Å². The molecule has 0 bridgehead atoms. The molecule has 0 radical (unpaired) electrons. The number of nitrogens with two attached hydrogens (primary N) is 1. The standard InChI is InChI=1S/C12H14N6O2S/c13-4-1-2-10-6-11(8-14-7-10)21(19,20)17-5-3-12-15-9-16-18-12/h6-9,17H,3-5,13H2,(H,15,16,18). The Morgan fingerprint density at radius 2 is 2.24 bits per heavy atom. The Morgan fingerprint density at radius 1 is 1.38 bits per heavy atom. The Kier molecular flexibility index (Phi) is 4.99. The van der Waals surface area contributed by atoms with Crippen molar-refractivity contribution in [3.8, 4) is 11.8 Å². The van der Waals surface area contributed by atoms with Gasteiger partial charge < -0.3 is 5.73 Å². The van der Waals surface area contributed by atoms with Crippen LogP contribution in [0.1, 0.15) is 11.4 Å². The van der Waals surface area contributed by atoms with Crippen molar-refractivity contribution in [1.82, 2.24) is 24.9 Å². The third-order valence-corrected chi connectivity index (χ3v) is 3.91. The minimum atomic E-state index is -3.63. The number of sulfonamides is 1. The molecule has 110 valence electrons. The zero-order chi connectivity index (χ0) is 15.1. The van der Waals surface area contributed by atoms with E-state index in [4.69, 9.17) is 5.73 Å². The van der Waals surface area contributed by atoms with Gasteiger partial charge in [0.1, 0.15) is 17.0 Å². The molecule has 0 aliphatic carbocycles. The molecule has 21 heavy (non-hydrogen) atoms. The lowest BCUT2D eigenvalue weighted by Crippen LogP contribution is -2.26. The average molecular weight is 306 g/mol. The quantitative estimate of drug-likeness (QED) is 0.610. The minimum Gasteiger partial charge on any atom is -0.320 e. The summed E-state index contributed by atoms with van der Waals surface area (Å²) in [4.78, 5) is 7.84. The molecule has 0 amide bonds. The average Bonchev–Trinajstić information content (AvgIpc) is 2.98. The van der Waals surface area contributed by atoms with Gasteiger partial charge >= 0.3 is 0 Å². The first-order valence-corrected chi connectivity index (χ1v) is 7.58. The molecule has 0 atom stereocenters. The largest absolute Gasteiger partial charge is 0.320 e. The Hall–Kier alpha value is -2.28. The topological polar surface area (TPSA) is 127 Å². The predicted molar refractivity (Wildman–Crippen MR) is 75.4 cm³/mol. The summed E-state index contributed by atoms with van der Waals surface area (Å²) in [5, 5.41) is 6.34. The van der Waals surface area contributed by atoms with Gasteiger partial charge in [0.25, 0.3) is 0 Å². The van der Waals surface area contributed by atoms with Crippen LogP contribution in [0.2, 0.25) is 0 Å². The van der Waals surface area contributed by atoms with E-state index in [-0.39, 0.29) is 18.0 Å². The molecular weight excluding hydrogens is 292 g/mol. The van der Waals surface area contributed by atoms with Crippen molar-refractivity contribution in [2.45, 2.75) is 11.3 Å². The number of pyridine rings is 1. The first-order valence-electron chi connectivity index (χ1n) is 6.10. The molecule has 4 N–H and O–H groups in total. The summed E-state index contributed by atoms with van der Waals surface area (Å²) in [6.45, 7) is 0.405. The fourth-order valence-corrected chi connectivity index (χ4v) is 2.54. The van der Waals surface area contributed by atoms with Gasteiger partial charge in [0.15, 0.2) is 0 Å². The van der Waals surface area contributed by atoms with Gasteiger partial charge in [-0.15, -0.1) is 0 Å². The van der Waals surface area contributed by atoms with Crippen LogP contribution < -0.4 is 10.5 Å². The lowest BCUT2D eigenvalue weighted by atomic mass is 10.3. The molecule has 0 unspecified atom stereocenters. The molecule has 8 nitrogen and oxygen atoms in total. The number of hydrogen-bond donors (Lipinski definition) is 3. The van der Waals surface area contributed by atoms with Crippen LogP contribution in [0.5, 0.6) is 0 Å². The highest BCUT2D eigenvalue weighted by Crippen LogP contribution is 2.08. The maximum absolute atomic E-state index is 12.1. The molecule has 0 fully saturated rings. The number of hydrogen-bond acceptors (Lipinski definition) is 6. The second kappa shape index (κ2) is 6.94. The first-order chi connectivity index (χ1) is 10.1.